The molecule has 0 saturated carbocycles. The van der Waals surface area contributed by atoms with E-state index in [0.29, 0.717) is 5.69 Å². The van der Waals surface area contributed by atoms with Gasteiger partial charge in [-0.15, -0.1) is 0 Å². The zero-order chi connectivity index (χ0) is 9.84. The number of H-pyrrole nitrogens is 1. The number of nitrogens with one attached hydrogen (secondary N) is 3. The van der Waals surface area contributed by atoms with Gasteiger partial charge in [0, 0.05) is 11.8 Å². The van der Waals surface area contributed by atoms with Crippen molar-refractivity contribution >= 4 is 34.8 Å². The maximum Gasteiger partial charge on any atom is 0.330 e. The van der Waals surface area contributed by atoms with E-state index < -0.39 is 6.03 Å². The first-order valence-electron chi connectivity index (χ1n) is 3.37. The van der Waals surface area contributed by atoms with E-state index in [-0.39, 0.29) is 11.5 Å². The summed E-state index contributed by atoms with van der Waals surface area (Å²) in [5.41, 5.74) is 0.253. The van der Waals surface area contributed by atoms with Crippen LogP contribution in [0.1, 0.15) is 5.69 Å². The zero-order valence-corrected chi connectivity index (χ0v) is 8.88. The van der Waals surface area contributed by atoms with E-state index in [2.05, 4.69) is 18.8 Å². The van der Waals surface area contributed by atoms with Gasteiger partial charge in [-0.05, 0) is 6.92 Å². The summed E-state index contributed by atoms with van der Waals surface area (Å²) in [5, 5.41) is 2.35. The Morgan fingerprint density at radius 3 is 2.92 bits per heavy atom. The highest BCUT2D eigenvalue weighted by Gasteiger charge is 2.01. The standard InChI is InChI=1S/C6H7IN4O2/c1-3-2-4(12)9-5(8-3)10-6(13)11-7/h2H,1H3,(H3,8,9,10,11,12,13). The van der Waals surface area contributed by atoms with Gasteiger partial charge in [0.05, 0.1) is 22.9 Å². The summed E-state index contributed by atoms with van der Waals surface area (Å²) in [6.07, 6.45) is 0. The second-order valence-electron chi connectivity index (χ2n) is 2.28. The van der Waals surface area contributed by atoms with Crippen LogP contribution in [0.5, 0.6) is 0 Å². The summed E-state index contributed by atoms with van der Waals surface area (Å²) in [7, 11) is 0. The minimum Gasteiger partial charge on any atom is -0.292 e. The van der Waals surface area contributed by atoms with Crippen molar-refractivity contribution in [3.63, 3.8) is 0 Å². The zero-order valence-electron chi connectivity index (χ0n) is 6.72. The van der Waals surface area contributed by atoms with Crippen LogP contribution < -0.4 is 14.4 Å². The van der Waals surface area contributed by atoms with Crippen molar-refractivity contribution in [2.45, 2.75) is 6.92 Å². The Kier molecular flexibility index (Phi) is 3.23. The summed E-state index contributed by atoms with van der Waals surface area (Å²) in [5.74, 6) is 0.138. The maximum absolute atomic E-state index is 10.9. The molecule has 0 fully saturated rings. The van der Waals surface area contributed by atoms with E-state index >= 15 is 0 Å². The number of hydrogen-bond acceptors (Lipinski definition) is 3. The first-order chi connectivity index (χ1) is 6.11. The molecule has 0 aliphatic rings. The predicted octanol–water partition coefficient (Wildman–Crippen LogP) is 0.550. The number of aromatic amines is 1. The molecule has 1 aromatic heterocycles. The third-order valence-electron chi connectivity index (χ3n) is 1.19. The van der Waals surface area contributed by atoms with Gasteiger partial charge in [0.2, 0.25) is 5.95 Å². The van der Waals surface area contributed by atoms with Crippen molar-refractivity contribution in [1.29, 1.82) is 0 Å². The average molecular weight is 294 g/mol. The van der Waals surface area contributed by atoms with E-state index in [9.17, 15) is 9.59 Å². The second kappa shape index (κ2) is 4.21. The number of nitrogens with zero attached hydrogens (tertiary/aromatic N) is 1. The van der Waals surface area contributed by atoms with Crippen LogP contribution in [-0.2, 0) is 0 Å². The topological polar surface area (TPSA) is 86.9 Å². The first kappa shape index (κ1) is 9.96. The Balaban J connectivity index is 2.89. The van der Waals surface area contributed by atoms with Gasteiger partial charge in [-0.25, -0.2) is 9.78 Å². The second-order valence-corrected chi connectivity index (χ2v) is 2.82. The minimum atomic E-state index is -0.436. The van der Waals surface area contributed by atoms with E-state index in [0.717, 1.165) is 0 Å². The summed E-state index contributed by atoms with van der Waals surface area (Å²) in [6.45, 7) is 1.67. The molecule has 70 valence electrons. The van der Waals surface area contributed by atoms with Crippen LogP contribution in [0.15, 0.2) is 10.9 Å². The number of amides is 2. The monoisotopic (exact) mass is 294 g/mol. The highest BCUT2D eigenvalue weighted by atomic mass is 127. The van der Waals surface area contributed by atoms with Crippen molar-refractivity contribution in [2.24, 2.45) is 0 Å². The molecule has 0 radical (unpaired) electrons. The largest absolute Gasteiger partial charge is 0.330 e. The normalized spacial score (nSPS) is 9.38. The number of halogens is 1. The van der Waals surface area contributed by atoms with Gasteiger partial charge in [0.25, 0.3) is 5.56 Å². The third-order valence-corrected chi connectivity index (χ3v) is 1.68. The van der Waals surface area contributed by atoms with Crippen LogP contribution in [0.4, 0.5) is 10.7 Å². The predicted molar refractivity (Wildman–Crippen MR) is 55.8 cm³/mol. The van der Waals surface area contributed by atoms with Crippen LogP contribution in [0.3, 0.4) is 0 Å². The highest BCUT2D eigenvalue weighted by Crippen LogP contribution is 1.95. The van der Waals surface area contributed by atoms with E-state index in [1.807, 2.05) is 0 Å². The van der Waals surface area contributed by atoms with Gasteiger partial charge in [-0.1, -0.05) is 0 Å². The van der Waals surface area contributed by atoms with Gasteiger partial charge >= 0.3 is 6.03 Å². The fourth-order valence-corrected chi connectivity index (χ4v) is 0.904. The number of carbonyl (C=O) groups excluding carboxylic acids is 1. The lowest BCUT2D eigenvalue weighted by atomic mass is 10.4. The van der Waals surface area contributed by atoms with Crippen LogP contribution in [-0.4, -0.2) is 16.0 Å². The Hall–Kier alpha value is -1.12. The van der Waals surface area contributed by atoms with Crippen LogP contribution >= 0.6 is 22.9 Å². The SMILES string of the molecule is Cc1cc(=O)[nH]c(NC(=O)NI)n1. The molecule has 0 saturated heterocycles. The van der Waals surface area contributed by atoms with Crippen molar-refractivity contribution in [2.75, 3.05) is 5.32 Å². The molecular formula is C6H7IN4O2. The highest BCUT2D eigenvalue weighted by molar-refractivity contribution is 14.1. The Bertz CT molecular complexity index is 375. The summed E-state index contributed by atoms with van der Waals surface area (Å²) in [6, 6.07) is 0.905. The molecule has 6 nitrogen and oxygen atoms in total. The molecule has 0 unspecified atom stereocenters. The fraction of sp³-hybridized carbons (Fsp3) is 0.167. The van der Waals surface area contributed by atoms with Crippen molar-refractivity contribution < 1.29 is 4.79 Å². The molecule has 0 aromatic carbocycles. The number of aryl methyl sites for hydroxylation is 1. The summed E-state index contributed by atoms with van der Waals surface area (Å²) in [4.78, 5) is 28.0. The number of urea groups is 1. The summed E-state index contributed by atoms with van der Waals surface area (Å²) >= 11 is 1.68. The molecule has 0 aliphatic heterocycles. The molecule has 1 rings (SSSR count). The number of hydrogen-bond donors (Lipinski definition) is 3. The molecule has 0 atom stereocenters. The molecule has 0 aliphatic carbocycles. The maximum atomic E-state index is 10.9. The van der Waals surface area contributed by atoms with Gasteiger partial charge < -0.3 is 0 Å². The molecule has 1 heterocycles. The van der Waals surface area contributed by atoms with Gasteiger partial charge in [0.1, 0.15) is 0 Å². The molecular weight excluding hydrogens is 287 g/mol. The van der Waals surface area contributed by atoms with Gasteiger partial charge in [-0.3, -0.25) is 18.6 Å². The number of carbonyl (C=O) groups is 1. The van der Waals surface area contributed by atoms with Crippen LogP contribution in [0, 0.1) is 6.92 Å². The lowest BCUT2D eigenvalue weighted by Crippen LogP contribution is -2.23. The quantitative estimate of drug-likeness (QED) is 0.522. The molecule has 2 amide bonds. The number of aromatic nitrogens is 2. The summed E-state index contributed by atoms with van der Waals surface area (Å²) < 4.78 is 2.31. The Morgan fingerprint density at radius 2 is 2.38 bits per heavy atom. The number of rotatable bonds is 1. The molecule has 7 heteroatoms. The fourth-order valence-electron chi connectivity index (χ4n) is 0.769. The molecule has 13 heavy (non-hydrogen) atoms. The van der Waals surface area contributed by atoms with E-state index in [1.165, 1.54) is 6.07 Å². The smallest absolute Gasteiger partial charge is 0.292 e. The molecule has 0 bridgehead atoms. The van der Waals surface area contributed by atoms with Crippen molar-refractivity contribution in [3.05, 3.63) is 22.1 Å². The van der Waals surface area contributed by atoms with Gasteiger partial charge in [0.15, 0.2) is 0 Å². The molecule has 3 N–H and O–H groups in total. The van der Waals surface area contributed by atoms with E-state index in [1.54, 1.807) is 29.8 Å². The van der Waals surface area contributed by atoms with E-state index in [4.69, 9.17) is 0 Å². The van der Waals surface area contributed by atoms with Crippen LogP contribution in [0.25, 0.3) is 0 Å². The van der Waals surface area contributed by atoms with Crippen LogP contribution in [0.2, 0.25) is 0 Å². The first-order valence-corrected chi connectivity index (χ1v) is 4.45. The van der Waals surface area contributed by atoms with Crippen molar-refractivity contribution in [3.8, 4) is 0 Å². The lowest BCUT2D eigenvalue weighted by Gasteiger charge is -2.01. The molecule has 0 spiro atoms. The molecule has 1 aromatic rings. The minimum absolute atomic E-state index is 0.138. The van der Waals surface area contributed by atoms with Gasteiger partial charge in [-0.2, -0.15) is 0 Å². The average Bonchev–Trinajstić information content (AvgIpc) is 2.02. The Morgan fingerprint density at radius 1 is 1.69 bits per heavy atom. The van der Waals surface area contributed by atoms with Crippen molar-refractivity contribution in [1.82, 2.24) is 13.5 Å². The number of anilines is 1. The third kappa shape index (κ3) is 3.01. The lowest BCUT2D eigenvalue weighted by molar-refractivity contribution is 0.257. The Labute approximate surface area is 87.6 Å².